The van der Waals surface area contributed by atoms with Gasteiger partial charge in [-0.1, -0.05) is 18.6 Å². The molecule has 2 aromatic heterocycles. The minimum absolute atomic E-state index is 0.0291. The summed E-state index contributed by atoms with van der Waals surface area (Å²) in [4.78, 5) is 28.9. The van der Waals surface area contributed by atoms with Crippen LogP contribution >= 0.6 is 0 Å². The van der Waals surface area contributed by atoms with Crippen molar-refractivity contribution < 1.29 is 27.8 Å². The molecule has 0 saturated heterocycles. The number of aromatic nitrogens is 4. The first-order chi connectivity index (χ1) is 16.7. The van der Waals surface area contributed by atoms with Crippen LogP contribution in [0.15, 0.2) is 29.3 Å². The maximum absolute atomic E-state index is 13.0. The molecule has 1 aliphatic carbocycles. The summed E-state index contributed by atoms with van der Waals surface area (Å²) in [7, 11) is 0. The van der Waals surface area contributed by atoms with Crippen LogP contribution in [0, 0.1) is 5.92 Å². The van der Waals surface area contributed by atoms with E-state index in [1.807, 2.05) is 6.92 Å². The summed E-state index contributed by atoms with van der Waals surface area (Å²) >= 11 is 0. The molecule has 2 N–H and O–H groups in total. The Balaban J connectivity index is 1.63. The number of fused-ring (bicyclic) bond motifs is 1. The fraction of sp³-hybridized carbons (Fsp3) is 0.435. The van der Waals surface area contributed by atoms with Gasteiger partial charge in [0.1, 0.15) is 12.1 Å². The third kappa shape index (κ3) is 4.52. The predicted octanol–water partition coefficient (Wildman–Crippen LogP) is 3.97. The molecule has 1 fully saturated rings. The molecule has 1 aromatic carbocycles. The Labute approximate surface area is 198 Å². The largest absolute Gasteiger partial charge is 0.475 e. The van der Waals surface area contributed by atoms with Crippen LogP contribution < -0.4 is 5.32 Å². The lowest BCUT2D eigenvalue weighted by Crippen LogP contribution is -2.31. The van der Waals surface area contributed by atoms with Crippen molar-refractivity contribution in [2.45, 2.75) is 44.9 Å². The van der Waals surface area contributed by atoms with Crippen molar-refractivity contribution in [3.8, 4) is 0 Å². The summed E-state index contributed by atoms with van der Waals surface area (Å²) in [6.07, 6.45) is -1.17. The lowest BCUT2D eigenvalue weighted by molar-refractivity contribution is -0.137. The number of carbonyl (C=O) groups is 1. The summed E-state index contributed by atoms with van der Waals surface area (Å²) in [6, 6.07) is 4.86. The molecule has 5 rings (SSSR count). The number of imidazole rings is 1. The second-order valence-corrected chi connectivity index (χ2v) is 8.75. The Morgan fingerprint density at radius 1 is 1.23 bits per heavy atom. The number of hydrogen-bond donors (Lipinski definition) is 2. The zero-order valence-electron chi connectivity index (χ0n) is 18.8. The van der Waals surface area contributed by atoms with Crippen LogP contribution in [0.1, 0.15) is 53.8 Å². The average molecular weight is 488 g/mol. The van der Waals surface area contributed by atoms with E-state index in [0.29, 0.717) is 41.8 Å². The summed E-state index contributed by atoms with van der Waals surface area (Å²) < 4.78 is 46.4. The van der Waals surface area contributed by atoms with Gasteiger partial charge in [0.25, 0.3) is 5.90 Å². The Morgan fingerprint density at radius 3 is 2.54 bits per heavy atom. The molecule has 3 aromatic rings. The van der Waals surface area contributed by atoms with Crippen molar-refractivity contribution in [3.63, 3.8) is 0 Å². The van der Waals surface area contributed by atoms with Crippen molar-refractivity contribution >= 4 is 28.8 Å². The van der Waals surface area contributed by atoms with Crippen LogP contribution in [-0.4, -0.2) is 55.7 Å². The number of aliphatic imine (C=N–C) groups is 1. The van der Waals surface area contributed by atoms with E-state index in [4.69, 9.17) is 4.74 Å². The highest BCUT2D eigenvalue weighted by molar-refractivity contribution is 5.98. The number of halogens is 3. The Hall–Kier alpha value is -3.70. The van der Waals surface area contributed by atoms with Gasteiger partial charge in [0.2, 0.25) is 5.82 Å². The van der Waals surface area contributed by atoms with Gasteiger partial charge in [0.15, 0.2) is 17.3 Å². The summed E-state index contributed by atoms with van der Waals surface area (Å²) in [5, 5.41) is 12.9. The molecule has 0 amide bonds. The van der Waals surface area contributed by atoms with Crippen LogP contribution in [0.5, 0.6) is 0 Å². The maximum Gasteiger partial charge on any atom is 0.416 e. The van der Waals surface area contributed by atoms with Gasteiger partial charge in [-0.3, -0.25) is 0 Å². The van der Waals surface area contributed by atoms with E-state index in [1.165, 1.54) is 12.1 Å². The molecule has 1 saturated carbocycles. The predicted molar refractivity (Wildman–Crippen MR) is 121 cm³/mol. The number of anilines is 1. The van der Waals surface area contributed by atoms with Gasteiger partial charge >= 0.3 is 12.1 Å². The van der Waals surface area contributed by atoms with Crippen LogP contribution in [-0.2, 0) is 17.5 Å². The van der Waals surface area contributed by atoms with Crippen LogP contribution in [0.25, 0.3) is 11.2 Å². The monoisotopic (exact) mass is 488 g/mol. The maximum atomic E-state index is 13.0. The molecular formula is C23H23F3N6O3. The normalized spacial score (nSPS) is 17.1. The van der Waals surface area contributed by atoms with Gasteiger partial charge in [0, 0.05) is 6.04 Å². The molecule has 184 valence electrons. The van der Waals surface area contributed by atoms with Crippen LogP contribution in [0.4, 0.5) is 19.0 Å². The smallest absolute Gasteiger partial charge is 0.416 e. The summed E-state index contributed by atoms with van der Waals surface area (Å²) in [5.41, 5.74) is 0.416. The van der Waals surface area contributed by atoms with Crippen molar-refractivity contribution in [2.24, 2.45) is 10.9 Å². The number of benzene rings is 1. The van der Waals surface area contributed by atoms with Crippen LogP contribution in [0.2, 0.25) is 0 Å². The molecule has 1 atom stereocenters. The van der Waals surface area contributed by atoms with Crippen molar-refractivity contribution in [2.75, 3.05) is 18.5 Å². The van der Waals surface area contributed by atoms with E-state index < -0.39 is 23.5 Å². The van der Waals surface area contributed by atoms with Gasteiger partial charge < -0.3 is 19.7 Å². The number of carboxylic acids is 1. The minimum atomic E-state index is -4.44. The number of aromatic carboxylic acids is 1. The molecule has 0 spiro atoms. The third-order valence-corrected chi connectivity index (χ3v) is 6.41. The zero-order chi connectivity index (χ0) is 24.7. The molecule has 12 heteroatoms. The summed E-state index contributed by atoms with van der Waals surface area (Å²) in [5.74, 6) is -0.378. The lowest BCUT2D eigenvalue weighted by Gasteiger charge is -2.32. The zero-order valence-corrected chi connectivity index (χ0v) is 18.8. The van der Waals surface area contributed by atoms with E-state index in [0.717, 1.165) is 31.4 Å². The molecule has 9 nitrogen and oxygen atoms in total. The van der Waals surface area contributed by atoms with E-state index in [2.05, 4.69) is 25.3 Å². The van der Waals surface area contributed by atoms with Crippen molar-refractivity contribution in [3.05, 3.63) is 47.0 Å². The first kappa shape index (κ1) is 23.1. The second kappa shape index (κ2) is 8.82. The number of nitrogens with one attached hydrogen (secondary N) is 1. The van der Waals surface area contributed by atoms with E-state index in [9.17, 15) is 23.1 Å². The molecule has 0 bridgehead atoms. The average Bonchev–Trinajstić information content (AvgIpc) is 3.40. The third-order valence-electron chi connectivity index (χ3n) is 6.41. The van der Waals surface area contributed by atoms with Crippen LogP contribution in [0.3, 0.4) is 0 Å². The Morgan fingerprint density at radius 2 is 1.97 bits per heavy atom. The number of rotatable bonds is 7. The SMILES string of the molecule is CC(Nc1nc(C(=O)O)nc2nc(C3=NCCO3)n(Cc3ccc(C(F)(F)F)cc3)c12)C1CCC1. The standard InChI is InChI=1S/C23H23F3N6O3/c1-12(14-3-2-4-14)28-17-16-18(30-19(29-17)22(33)34)31-20(21-27-9-10-35-21)32(16)11-13-5-7-15(8-6-13)23(24,25)26/h5-8,12,14H,2-4,9-11H2,1H3,(H,33,34)(H,28,29,30). The highest BCUT2D eigenvalue weighted by Gasteiger charge is 2.31. The van der Waals surface area contributed by atoms with Crippen molar-refractivity contribution in [1.82, 2.24) is 19.5 Å². The van der Waals surface area contributed by atoms with Gasteiger partial charge in [-0.05, 0) is 43.4 Å². The fourth-order valence-corrected chi connectivity index (χ4v) is 4.28. The van der Waals surface area contributed by atoms with E-state index in [1.54, 1.807) is 4.57 Å². The number of ether oxygens (including phenoxy) is 1. The highest BCUT2D eigenvalue weighted by atomic mass is 19.4. The van der Waals surface area contributed by atoms with Gasteiger partial charge in [-0.2, -0.15) is 13.2 Å². The molecule has 1 aliphatic heterocycles. The Bertz CT molecular complexity index is 1300. The second-order valence-electron chi connectivity index (χ2n) is 8.75. The number of hydrogen-bond acceptors (Lipinski definition) is 7. The van der Waals surface area contributed by atoms with Crippen molar-refractivity contribution in [1.29, 1.82) is 0 Å². The van der Waals surface area contributed by atoms with E-state index in [-0.39, 0.29) is 24.1 Å². The molecule has 35 heavy (non-hydrogen) atoms. The molecular weight excluding hydrogens is 465 g/mol. The minimum Gasteiger partial charge on any atom is -0.475 e. The quantitative estimate of drug-likeness (QED) is 0.517. The lowest BCUT2D eigenvalue weighted by atomic mass is 9.80. The number of alkyl halides is 3. The number of carboxylic acid groups (broad SMARTS) is 1. The molecule has 1 unspecified atom stereocenters. The Kier molecular flexibility index (Phi) is 5.81. The highest BCUT2D eigenvalue weighted by Crippen LogP contribution is 2.33. The molecule has 2 aliphatic rings. The fourth-order valence-electron chi connectivity index (χ4n) is 4.28. The number of nitrogens with zero attached hydrogens (tertiary/aromatic N) is 5. The molecule has 3 heterocycles. The van der Waals surface area contributed by atoms with E-state index >= 15 is 0 Å². The van der Waals surface area contributed by atoms with Gasteiger partial charge in [-0.25, -0.2) is 24.7 Å². The topological polar surface area (TPSA) is 115 Å². The van der Waals surface area contributed by atoms with Gasteiger partial charge in [0.05, 0.1) is 18.7 Å². The van der Waals surface area contributed by atoms with Gasteiger partial charge in [-0.15, -0.1) is 0 Å². The molecule has 0 radical (unpaired) electrons. The first-order valence-electron chi connectivity index (χ1n) is 11.3. The first-order valence-corrected chi connectivity index (χ1v) is 11.3. The summed E-state index contributed by atoms with van der Waals surface area (Å²) in [6.45, 7) is 2.96.